The van der Waals surface area contributed by atoms with Crippen LogP contribution in [0.3, 0.4) is 0 Å². The number of hydrogen-bond acceptors (Lipinski definition) is 7. The van der Waals surface area contributed by atoms with Crippen LogP contribution in [-0.2, 0) is 9.53 Å². The standard InChI is InChI=1S/C22H32N4O4S/c1-13(2)10-17(24-20(28)30-22(5,6)7)19-25-26-21(29-19)31-12-18(27)23-16-9-8-14(3)11-15(16)4/h8-9,11,13,17H,10,12H2,1-7H3,(H,23,27)(H,24,28)/t17-/m1/s1. The first-order valence-electron chi connectivity index (χ1n) is 10.3. The van der Waals surface area contributed by atoms with E-state index in [0.29, 0.717) is 6.42 Å². The number of ether oxygens (including phenoxy) is 1. The lowest BCUT2D eigenvalue weighted by atomic mass is 10.0. The highest BCUT2D eigenvalue weighted by Crippen LogP contribution is 2.25. The molecule has 0 spiro atoms. The number of anilines is 1. The van der Waals surface area contributed by atoms with Crippen LogP contribution in [0.1, 0.15) is 64.1 Å². The lowest BCUT2D eigenvalue weighted by Crippen LogP contribution is -2.35. The first-order valence-corrected chi connectivity index (χ1v) is 11.2. The molecule has 0 bridgehead atoms. The number of carbonyl (C=O) groups excluding carboxylic acids is 2. The molecule has 170 valence electrons. The van der Waals surface area contributed by atoms with Gasteiger partial charge < -0.3 is 19.8 Å². The van der Waals surface area contributed by atoms with E-state index in [2.05, 4.69) is 20.8 Å². The molecule has 0 saturated heterocycles. The third-order valence-corrected chi connectivity index (χ3v) is 4.92. The monoisotopic (exact) mass is 448 g/mol. The summed E-state index contributed by atoms with van der Waals surface area (Å²) in [6.07, 6.45) is 0.0667. The van der Waals surface area contributed by atoms with Crippen molar-refractivity contribution in [2.45, 2.75) is 71.8 Å². The van der Waals surface area contributed by atoms with E-state index in [1.54, 1.807) is 20.8 Å². The molecule has 1 aromatic heterocycles. The number of nitrogens with zero attached hydrogens (tertiary/aromatic N) is 2. The van der Waals surface area contributed by atoms with Crippen molar-refractivity contribution in [1.82, 2.24) is 15.5 Å². The molecule has 2 rings (SSSR count). The van der Waals surface area contributed by atoms with Gasteiger partial charge in [-0.25, -0.2) is 4.79 Å². The number of alkyl carbamates (subject to hydrolysis) is 1. The first kappa shape index (κ1) is 24.7. The number of amides is 2. The van der Waals surface area contributed by atoms with Gasteiger partial charge in [0, 0.05) is 5.69 Å². The number of rotatable bonds is 8. The van der Waals surface area contributed by atoms with Crippen molar-refractivity contribution in [2.24, 2.45) is 5.92 Å². The maximum absolute atomic E-state index is 12.3. The van der Waals surface area contributed by atoms with Gasteiger partial charge in [-0.3, -0.25) is 4.79 Å². The molecule has 0 fully saturated rings. The first-order chi connectivity index (χ1) is 14.4. The van der Waals surface area contributed by atoms with Crippen molar-refractivity contribution in [3.63, 3.8) is 0 Å². The van der Waals surface area contributed by atoms with E-state index in [9.17, 15) is 9.59 Å². The van der Waals surface area contributed by atoms with Gasteiger partial charge in [0.05, 0.1) is 5.75 Å². The van der Waals surface area contributed by atoms with Crippen molar-refractivity contribution >= 4 is 29.4 Å². The Labute approximate surface area is 187 Å². The van der Waals surface area contributed by atoms with Crippen LogP contribution in [0.2, 0.25) is 0 Å². The van der Waals surface area contributed by atoms with Crippen molar-refractivity contribution in [1.29, 1.82) is 0 Å². The Hall–Kier alpha value is -2.55. The summed E-state index contributed by atoms with van der Waals surface area (Å²) in [5.74, 6) is 0.536. The van der Waals surface area contributed by atoms with Crippen LogP contribution in [0.25, 0.3) is 0 Å². The summed E-state index contributed by atoms with van der Waals surface area (Å²) in [6, 6.07) is 5.38. The molecule has 0 aliphatic carbocycles. The lowest BCUT2D eigenvalue weighted by Gasteiger charge is -2.22. The van der Waals surface area contributed by atoms with Gasteiger partial charge >= 0.3 is 6.09 Å². The summed E-state index contributed by atoms with van der Waals surface area (Å²) in [7, 11) is 0. The van der Waals surface area contributed by atoms with E-state index >= 15 is 0 Å². The second-order valence-electron chi connectivity index (χ2n) is 8.89. The van der Waals surface area contributed by atoms with Crippen molar-refractivity contribution in [2.75, 3.05) is 11.1 Å². The smallest absolute Gasteiger partial charge is 0.408 e. The van der Waals surface area contributed by atoms with Crippen molar-refractivity contribution < 1.29 is 18.7 Å². The Balaban J connectivity index is 1.97. The summed E-state index contributed by atoms with van der Waals surface area (Å²) < 4.78 is 11.0. The number of aryl methyl sites for hydroxylation is 2. The molecule has 1 heterocycles. The predicted molar refractivity (Wildman–Crippen MR) is 121 cm³/mol. The van der Waals surface area contributed by atoms with Crippen LogP contribution >= 0.6 is 11.8 Å². The average Bonchev–Trinajstić information content (AvgIpc) is 3.09. The minimum atomic E-state index is -0.606. The molecule has 1 atom stereocenters. The van der Waals surface area contributed by atoms with Gasteiger partial charge in [0.15, 0.2) is 0 Å². The van der Waals surface area contributed by atoms with E-state index in [-0.39, 0.29) is 28.7 Å². The zero-order chi connectivity index (χ0) is 23.2. The molecule has 9 heteroatoms. The summed E-state index contributed by atoms with van der Waals surface area (Å²) in [5.41, 5.74) is 2.31. The minimum Gasteiger partial charge on any atom is -0.444 e. The summed E-state index contributed by atoms with van der Waals surface area (Å²) in [5, 5.41) is 14.0. The maximum Gasteiger partial charge on any atom is 0.408 e. The van der Waals surface area contributed by atoms with Crippen LogP contribution in [0.4, 0.5) is 10.5 Å². The van der Waals surface area contributed by atoms with Gasteiger partial charge in [0.1, 0.15) is 11.6 Å². The molecule has 2 amide bonds. The fraction of sp³-hybridized carbons (Fsp3) is 0.545. The number of nitrogens with one attached hydrogen (secondary N) is 2. The molecule has 8 nitrogen and oxygen atoms in total. The van der Waals surface area contributed by atoms with E-state index < -0.39 is 17.7 Å². The van der Waals surface area contributed by atoms with Gasteiger partial charge in [0.2, 0.25) is 11.8 Å². The number of thioether (sulfide) groups is 1. The van der Waals surface area contributed by atoms with Gasteiger partial charge in [-0.1, -0.05) is 43.3 Å². The van der Waals surface area contributed by atoms with Gasteiger partial charge in [-0.2, -0.15) is 0 Å². The van der Waals surface area contributed by atoms with Gasteiger partial charge in [-0.05, 0) is 58.6 Å². The Kier molecular flexibility index (Phi) is 8.50. The van der Waals surface area contributed by atoms with Crippen molar-refractivity contribution in [3.05, 3.63) is 35.2 Å². The van der Waals surface area contributed by atoms with E-state index in [4.69, 9.17) is 9.15 Å². The van der Waals surface area contributed by atoms with Gasteiger partial charge in [-0.15, -0.1) is 10.2 Å². The molecule has 2 aromatic rings. The predicted octanol–water partition coefficient (Wildman–Crippen LogP) is 5.03. The number of aromatic nitrogens is 2. The van der Waals surface area contributed by atoms with Crippen LogP contribution < -0.4 is 10.6 Å². The van der Waals surface area contributed by atoms with Crippen molar-refractivity contribution in [3.8, 4) is 0 Å². The summed E-state index contributed by atoms with van der Waals surface area (Å²) >= 11 is 1.15. The number of benzene rings is 1. The zero-order valence-corrected chi connectivity index (χ0v) is 20.1. The Morgan fingerprint density at radius 2 is 1.90 bits per heavy atom. The molecule has 0 saturated carbocycles. The molecule has 0 radical (unpaired) electrons. The van der Waals surface area contributed by atoms with Crippen LogP contribution in [0.5, 0.6) is 0 Å². The van der Waals surface area contributed by atoms with Gasteiger partial charge in [0.25, 0.3) is 5.22 Å². The van der Waals surface area contributed by atoms with Crippen LogP contribution in [0, 0.1) is 19.8 Å². The van der Waals surface area contributed by atoms with E-state index in [1.165, 1.54) is 0 Å². The zero-order valence-electron chi connectivity index (χ0n) is 19.2. The maximum atomic E-state index is 12.3. The Morgan fingerprint density at radius 3 is 2.52 bits per heavy atom. The molecule has 2 N–H and O–H groups in total. The molecule has 0 aliphatic heterocycles. The van der Waals surface area contributed by atoms with Crippen LogP contribution in [0.15, 0.2) is 27.8 Å². The minimum absolute atomic E-state index is 0.128. The third kappa shape index (κ3) is 8.61. The van der Waals surface area contributed by atoms with Crippen LogP contribution in [-0.4, -0.2) is 33.6 Å². The fourth-order valence-electron chi connectivity index (χ4n) is 2.83. The second kappa shape index (κ2) is 10.7. The molecule has 1 aromatic carbocycles. The molecular formula is C22H32N4O4S. The average molecular weight is 449 g/mol. The molecule has 0 aliphatic rings. The quantitative estimate of drug-likeness (QED) is 0.546. The SMILES string of the molecule is Cc1ccc(NC(=O)CSc2nnc([C@@H](CC(C)C)NC(=O)OC(C)(C)C)o2)c(C)c1. The van der Waals surface area contributed by atoms with E-state index in [1.807, 2.05) is 45.9 Å². The van der Waals surface area contributed by atoms with E-state index in [0.717, 1.165) is 28.6 Å². The lowest BCUT2D eigenvalue weighted by molar-refractivity contribution is -0.113. The third-order valence-electron chi connectivity index (χ3n) is 4.10. The Morgan fingerprint density at radius 1 is 1.19 bits per heavy atom. The largest absolute Gasteiger partial charge is 0.444 e. The number of hydrogen-bond donors (Lipinski definition) is 2. The highest BCUT2D eigenvalue weighted by molar-refractivity contribution is 7.99. The summed E-state index contributed by atoms with van der Waals surface area (Å²) in [6.45, 7) is 13.4. The normalized spacial score (nSPS) is 12.5. The fourth-order valence-corrected chi connectivity index (χ4v) is 3.40. The Bertz CT molecular complexity index is 905. The topological polar surface area (TPSA) is 106 Å². The summed E-state index contributed by atoms with van der Waals surface area (Å²) in [4.78, 5) is 24.5. The highest BCUT2D eigenvalue weighted by atomic mass is 32.2. The molecule has 0 unspecified atom stereocenters. The molecular weight excluding hydrogens is 416 g/mol. The molecule has 31 heavy (non-hydrogen) atoms. The number of carbonyl (C=O) groups is 2. The second-order valence-corrected chi connectivity index (χ2v) is 9.82. The highest BCUT2D eigenvalue weighted by Gasteiger charge is 2.25.